The van der Waals surface area contributed by atoms with Gasteiger partial charge in [0.25, 0.3) is 11.5 Å². The van der Waals surface area contributed by atoms with Crippen molar-refractivity contribution in [1.29, 1.82) is 0 Å². The van der Waals surface area contributed by atoms with Crippen molar-refractivity contribution in [2.45, 2.75) is 25.8 Å². The van der Waals surface area contributed by atoms with Gasteiger partial charge < -0.3 is 9.40 Å². The average molecular weight is 390 g/mol. The van der Waals surface area contributed by atoms with E-state index in [0.717, 1.165) is 11.1 Å². The molecule has 3 aromatic rings. The van der Waals surface area contributed by atoms with Gasteiger partial charge in [0, 0.05) is 12.6 Å². The molecule has 1 heterocycles. The summed E-state index contributed by atoms with van der Waals surface area (Å²) in [5.74, 6) is -1.31. The smallest absolute Gasteiger partial charge is 0.332 e. The van der Waals surface area contributed by atoms with Crippen LogP contribution in [-0.4, -0.2) is 16.4 Å². The van der Waals surface area contributed by atoms with Crippen LogP contribution in [0.2, 0.25) is 0 Å². The molecular formula is C23H22N2O4. The number of nitrogens with zero attached hydrogens (tertiary/aromatic N) is 1. The third-order valence-corrected chi connectivity index (χ3v) is 4.44. The summed E-state index contributed by atoms with van der Waals surface area (Å²) in [6, 6.07) is 21.8. The molecule has 6 heteroatoms. The molecule has 0 unspecified atom stereocenters. The highest BCUT2D eigenvalue weighted by atomic mass is 16.7. The maximum absolute atomic E-state index is 13.1. The van der Waals surface area contributed by atoms with E-state index >= 15 is 0 Å². The van der Waals surface area contributed by atoms with Gasteiger partial charge in [0.2, 0.25) is 0 Å². The fourth-order valence-corrected chi connectivity index (χ4v) is 3.08. The van der Waals surface area contributed by atoms with Crippen LogP contribution in [0.3, 0.4) is 0 Å². The Hall–Kier alpha value is -3.67. The number of carbonyl (C=O) groups excluding carboxylic acids is 2. The van der Waals surface area contributed by atoms with Crippen LogP contribution in [0.1, 0.15) is 47.3 Å². The van der Waals surface area contributed by atoms with E-state index in [0.29, 0.717) is 6.42 Å². The van der Waals surface area contributed by atoms with Crippen LogP contribution < -0.4 is 11.0 Å². The minimum Gasteiger partial charge on any atom is -0.341 e. The lowest BCUT2D eigenvalue weighted by Crippen LogP contribution is -2.35. The van der Waals surface area contributed by atoms with Crippen molar-refractivity contribution >= 4 is 11.9 Å². The summed E-state index contributed by atoms with van der Waals surface area (Å²) in [6.45, 7) is 1.83. The second kappa shape index (κ2) is 9.50. The number of amides is 1. The molecule has 0 aliphatic heterocycles. The fourth-order valence-electron chi connectivity index (χ4n) is 3.08. The number of hydrogen-bond acceptors (Lipinski definition) is 4. The molecule has 29 heavy (non-hydrogen) atoms. The van der Waals surface area contributed by atoms with Crippen molar-refractivity contribution in [3.05, 3.63) is 106 Å². The Kier molecular flexibility index (Phi) is 6.58. The van der Waals surface area contributed by atoms with Crippen LogP contribution in [0.4, 0.5) is 0 Å². The molecule has 0 radical (unpaired) electrons. The molecule has 0 saturated heterocycles. The molecule has 0 aliphatic rings. The van der Waals surface area contributed by atoms with Gasteiger partial charge in [-0.05, 0) is 29.7 Å². The maximum atomic E-state index is 13.1. The van der Waals surface area contributed by atoms with Crippen LogP contribution in [0, 0.1) is 0 Å². The molecule has 0 aliphatic carbocycles. The zero-order chi connectivity index (χ0) is 20.6. The van der Waals surface area contributed by atoms with Crippen molar-refractivity contribution in [1.82, 2.24) is 10.0 Å². The Morgan fingerprint density at radius 3 is 2.07 bits per heavy atom. The average Bonchev–Trinajstić information content (AvgIpc) is 2.75. The summed E-state index contributed by atoms with van der Waals surface area (Å²) < 4.78 is 1.51. The number of carbonyl (C=O) groups is 2. The van der Waals surface area contributed by atoms with E-state index in [-0.39, 0.29) is 12.0 Å². The topological polar surface area (TPSA) is 77.4 Å². The van der Waals surface area contributed by atoms with Crippen molar-refractivity contribution in [3.63, 3.8) is 0 Å². The van der Waals surface area contributed by atoms with Gasteiger partial charge in [0.05, 0.1) is 6.04 Å². The highest BCUT2D eigenvalue weighted by Crippen LogP contribution is 2.25. The quantitative estimate of drug-likeness (QED) is 0.654. The first-order valence-electron chi connectivity index (χ1n) is 9.43. The van der Waals surface area contributed by atoms with Crippen molar-refractivity contribution < 1.29 is 14.4 Å². The molecule has 0 fully saturated rings. The number of hydroxylamine groups is 1. The fraction of sp³-hybridized carbons (Fsp3) is 0.174. The zero-order valence-electron chi connectivity index (χ0n) is 16.1. The monoisotopic (exact) mass is 390 g/mol. The second-order valence-corrected chi connectivity index (χ2v) is 6.51. The largest absolute Gasteiger partial charge is 0.341 e. The summed E-state index contributed by atoms with van der Waals surface area (Å²) >= 11 is 0. The number of benzene rings is 2. The number of rotatable bonds is 6. The van der Waals surface area contributed by atoms with E-state index in [1.165, 1.54) is 10.6 Å². The van der Waals surface area contributed by atoms with E-state index in [9.17, 15) is 14.4 Å². The SMILES string of the molecule is CCCC(=O)ONC(=O)c1cccn(C(c2ccccc2)c2ccccc2)c1=O. The van der Waals surface area contributed by atoms with Crippen LogP contribution in [0.5, 0.6) is 0 Å². The summed E-state index contributed by atoms with van der Waals surface area (Å²) in [5.41, 5.74) is 3.31. The lowest BCUT2D eigenvalue weighted by atomic mass is 9.98. The van der Waals surface area contributed by atoms with Crippen LogP contribution >= 0.6 is 0 Å². The van der Waals surface area contributed by atoms with Gasteiger partial charge in [0.15, 0.2) is 0 Å². The Morgan fingerprint density at radius 2 is 1.52 bits per heavy atom. The molecule has 2 aromatic carbocycles. The summed E-state index contributed by atoms with van der Waals surface area (Å²) in [6.07, 6.45) is 2.43. The summed E-state index contributed by atoms with van der Waals surface area (Å²) in [4.78, 5) is 41.8. The molecule has 1 aromatic heterocycles. The summed E-state index contributed by atoms with van der Waals surface area (Å²) in [7, 11) is 0. The van der Waals surface area contributed by atoms with Gasteiger partial charge in [-0.25, -0.2) is 4.79 Å². The Labute approximate surface area is 168 Å². The summed E-state index contributed by atoms with van der Waals surface area (Å²) in [5, 5.41) is 0. The minimum atomic E-state index is -0.756. The minimum absolute atomic E-state index is 0.103. The molecule has 3 rings (SSSR count). The van der Waals surface area contributed by atoms with Crippen molar-refractivity contribution in [2.24, 2.45) is 0 Å². The predicted octanol–water partition coefficient (Wildman–Crippen LogP) is 3.47. The van der Waals surface area contributed by atoms with E-state index in [2.05, 4.69) is 5.48 Å². The Morgan fingerprint density at radius 1 is 0.931 bits per heavy atom. The highest BCUT2D eigenvalue weighted by Gasteiger charge is 2.21. The number of pyridine rings is 1. The van der Waals surface area contributed by atoms with Crippen LogP contribution in [-0.2, 0) is 9.63 Å². The van der Waals surface area contributed by atoms with Gasteiger partial charge in [-0.1, -0.05) is 67.6 Å². The molecule has 0 saturated carbocycles. The molecule has 1 N–H and O–H groups in total. The first-order valence-corrected chi connectivity index (χ1v) is 9.43. The Balaban J connectivity index is 1.98. The number of aromatic nitrogens is 1. The predicted molar refractivity (Wildman–Crippen MR) is 109 cm³/mol. The Bertz CT molecular complexity index is 990. The normalized spacial score (nSPS) is 10.6. The van der Waals surface area contributed by atoms with E-state index in [1.54, 1.807) is 12.3 Å². The van der Waals surface area contributed by atoms with E-state index in [4.69, 9.17) is 4.84 Å². The number of hydrogen-bond donors (Lipinski definition) is 1. The zero-order valence-corrected chi connectivity index (χ0v) is 16.1. The van der Waals surface area contributed by atoms with Gasteiger partial charge in [0.1, 0.15) is 5.56 Å². The standard InChI is InChI=1S/C23H22N2O4/c1-2-10-20(26)29-24-22(27)19-15-9-16-25(23(19)28)21(17-11-5-3-6-12-17)18-13-7-4-8-14-18/h3-9,11-16,21H,2,10H2,1H3,(H,24,27). The molecule has 0 spiro atoms. The lowest BCUT2D eigenvalue weighted by molar-refractivity contribution is -0.149. The van der Waals surface area contributed by atoms with E-state index in [1.807, 2.05) is 67.6 Å². The lowest BCUT2D eigenvalue weighted by Gasteiger charge is -2.21. The second-order valence-electron chi connectivity index (χ2n) is 6.51. The third-order valence-electron chi connectivity index (χ3n) is 4.44. The molecule has 0 bridgehead atoms. The molecule has 0 atom stereocenters. The van der Waals surface area contributed by atoms with E-state index < -0.39 is 23.5 Å². The highest BCUT2D eigenvalue weighted by molar-refractivity contribution is 5.93. The first kappa shape index (κ1) is 20.1. The molecule has 148 valence electrons. The maximum Gasteiger partial charge on any atom is 0.332 e. The van der Waals surface area contributed by atoms with Crippen molar-refractivity contribution in [2.75, 3.05) is 0 Å². The van der Waals surface area contributed by atoms with Gasteiger partial charge in [-0.15, -0.1) is 0 Å². The third kappa shape index (κ3) is 4.79. The first-order chi connectivity index (χ1) is 14.1. The van der Waals surface area contributed by atoms with Gasteiger partial charge >= 0.3 is 5.97 Å². The van der Waals surface area contributed by atoms with Crippen molar-refractivity contribution in [3.8, 4) is 0 Å². The van der Waals surface area contributed by atoms with Gasteiger partial charge in [-0.3, -0.25) is 9.59 Å². The van der Waals surface area contributed by atoms with Gasteiger partial charge in [-0.2, -0.15) is 5.48 Å². The van der Waals surface area contributed by atoms with Crippen LogP contribution in [0.15, 0.2) is 83.8 Å². The number of nitrogens with one attached hydrogen (secondary N) is 1. The van der Waals surface area contributed by atoms with Crippen LogP contribution in [0.25, 0.3) is 0 Å². The molecule has 1 amide bonds. The molecular weight excluding hydrogens is 368 g/mol. The molecule has 6 nitrogen and oxygen atoms in total.